The smallest absolute Gasteiger partial charge is 0.255 e. The molecule has 0 unspecified atom stereocenters. The average molecular weight is 492 g/mol. The molecule has 2 aromatic carbocycles. The second-order valence-corrected chi connectivity index (χ2v) is 9.71. The van der Waals surface area contributed by atoms with E-state index in [0.29, 0.717) is 16.3 Å². The summed E-state index contributed by atoms with van der Waals surface area (Å²) in [6.07, 6.45) is 3.46. The van der Waals surface area contributed by atoms with E-state index in [1.807, 2.05) is 67.8 Å². The maximum atomic E-state index is 13.1. The summed E-state index contributed by atoms with van der Waals surface area (Å²) < 4.78 is 4.21. The van der Waals surface area contributed by atoms with Crippen LogP contribution in [0, 0.1) is 6.92 Å². The summed E-state index contributed by atoms with van der Waals surface area (Å²) in [7, 11) is 4.01. The van der Waals surface area contributed by atoms with Gasteiger partial charge in [-0.15, -0.1) is 0 Å². The van der Waals surface area contributed by atoms with E-state index in [0.717, 1.165) is 40.0 Å². The molecule has 2 aromatic heterocycles. The summed E-state index contributed by atoms with van der Waals surface area (Å²) in [5, 5.41) is 4.47. The van der Waals surface area contributed by atoms with Gasteiger partial charge in [0.05, 0.1) is 16.2 Å². The number of carbonyl (C=O) groups is 1. The Morgan fingerprint density at radius 2 is 1.88 bits per heavy atom. The quantitative estimate of drug-likeness (QED) is 0.299. The molecule has 0 aliphatic heterocycles. The van der Waals surface area contributed by atoms with Crippen LogP contribution >= 0.6 is 23.7 Å². The largest absolute Gasteiger partial charge is 0.322 e. The first-order valence-electron chi connectivity index (χ1n) is 10.9. The molecule has 4 rings (SSSR count). The van der Waals surface area contributed by atoms with Crippen molar-refractivity contribution in [2.75, 3.05) is 30.3 Å². The third kappa shape index (κ3) is 5.17. The lowest BCUT2D eigenvalue weighted by molar-refractivity contribution is 0.102. The highest BCUT2D eigenvalue weighted by molar-refractivity contribution is 7.98. The predicted molar refractivity (Wildman–Crippen MR) is 143 cm³/mol. The van der Waals surface area contributed by atoms with Crippen LogP contribution in [0.1, 0.15) is 22.8 Å². The average Bonchev–Trinajstić information content (AvgIpc) is 2.83. The van der Waals surface area contributed by atoms with Gasteiger partial charge in [-0.05, 0) is 88.1 Å². The Kier molecular flexibility index (Phi) is 7.36. The predicted octanol–water partition coefficient (Wildman–Crippen LogP) is 6.46. The molecule has 0 aliphatic carbocycles. The van der Waals surface area contributed by atoms with Crippen LogP contribution in [0.3, 0.4) is 0 Å². The van der Waals surface area contributed by atoms with E-state index in [1.165, 1.54) is 0 Å². The van der Waals surface area contributed by atoms with Crippen molar-refractivity contribution >= 4 is 51.9 Å². The fraction of sp³-hybridized carbons (Fsp3) is 0.192. The highest BCUT2D eigenvalue weighted by Gasteiger charge is 2.15. The molecule has 34 heavy (non-hydrogen) atoms. The molecule has 0 radical (unpaired) electrons. The van der Waals surface area contributed by atoms with E-state index >= 15 is 0 Å². The number of amides is 1. The number of fused-ring (bicyclic) bond motifs is 1. The van der Waals surface area contributed by atoms with Crippen molar-refractivity contribution in [2.24, 2.45) is 0 Å². The second-order valence-electron chi connectivity index (χ2n) is 7.97. The molecular formula is C26H26ClN5OS. The Bertz CT molecular complexity index is 1340. The Labute approximate surface area is 209 Å². The van der Waals surface area contributed by atoms with Crippen molar-refractivity contribution in [3.05, 3.63) is 83.1 Å². The molecule has 0 spiro atoms. The van der Waals surface area contributed by atoms with Crippen molar-refractivity contribution in [3.63, 3.8) is 0 Å². The van der Waals surface area contributed by atoms with Gasteiger partial charge in [-0.1, -0.05) is 11.6 Å². The molecule has 1 N–H and O–H groups in total. The van der Waals surface area contributed by atoms with Gasteiger partial charge in [-0.3, -0.25) is 14.8 Å². The number of pyridine rings is 2. The van der Waals surface area contributed by atoms with Crippen molar-refractivity contribution in [3.8, 4) is 11.3 Å². The van der Waals surface area contributed by atoms with Crippen molar-refractivity contribution < 1.29 is 4.79 Å². The third-order valence-electron chi connectivity index (χ3n) is 5.30. The van der Waals surface area contributed by atoms with Crippen molar-refractivity contribution in [1.29, 1.82) is 0 Å². The monoisotopic (exact) mass is 491 g/mol. The topological polar surface area (TPSA) is 61.4 Å². The van der Waals surface area contributed by atoms with Gasteiger partial charge in [0.2, 0.25) is 0 Å². The number of rotatable bonds is 7. The zero-order valence-electron chi connectivity index (χ0n) is 19.5. The maximum absolute atomic E-state index is 13.1. The number of carbonyl (C=O) groups excluding carboxylic acids is 1. The zero-order valence-corrected chi connectivity index (χ0v) is 21.1. The molecule has 0 fully saturated rings. The first-order chi connectivity index (χ1) is 16.4. The fourth-order valence-electron chi connectivity index (χ4n) is 3.74. The molecule has 4 aromatic rings. The Morgan fingerprint density at radius 1 is 1.06 bits per heavy atom. The standard InChI is InChI=1S/C26H26ClN5OS/c1-5-32(34-31(3)4)19-9-10-20(17(2)15-19)26(33)30-18-8-11-23(27)22(16-18)25-21-7-6-13-28-24(21)12-14-29-25/h6-16H,5H2,1-4H3,(H,30,33). The van der Waals surface area contributed by atoms with Gasteiger partial charge in [-0.2, -0.15) is 0 Å². The number of hydrogen-bond acceptors (Lipinski definition) is 6. The van der Waals surface area contributed by atoms with Gasteiger partial charge in [0.25, 0.3) is 5.91 Å². The molecule has 6 nitrogen and oxygen atoms in total. The minimum atomic E-state index is -0.173. The number of nitrogens with zero attached hydrogens (tertiary/aromatic N) is 4. The highest BCUT2D eigenvalue weighted by atomic mass is 35.5. The van der Waals surface area contributed by atoms with Gasteiger partial charge in [0.1, 0.15) is 0 Å². The minimum Gasteiger partial charge on any atom is -0.322 e. The van der Waals surface area contributed by atoms with E-state index in [2.05, 4.69) is 26.5 Å². The summed E-state index contributed by atoms with van der Waals surface area (Å²) >= 11 is 8.15. The number of hydrogen-bond donors (Lipinski definition) is 1. The summed E-state index contributed by atoms with van der Waals surface area (Å²) in [5.41, 5.74) is 5.54. The van der Waals surface area contributed by atoms with E-state index < -0.39 is 0 Å². The Morgan fingerprint density at radius 3 is 2.62 bits per heavy atom. The molecular weight excluding hydrogens is 466 g/mol. The molecule has 0 aliphatic rings. The van der Waals surface area contributed by atoms with E-state index in [-0.39, 0.29) is 5.91 Å². The minimum absolute atomic E-state index is 0.173. The SMILES string of the molecule is CCN(SN(C)C)c1ccc(C(=O)Nc2ccc(Cl)c(-c3nccc4ncccc34)c2)c(C)c1. The lowest BCUT2D eigenvalue weighted by Crippen LogP contribution is -2.20. The molecule has 0 atom stereocenters. The molecule has 2 heterocycles. The second kappa shape index (κ2) is 10.4. The molecule has 0 bridgehead atoms. The number of anilines is 2. The molecule has 1 amide bonds. The zero-order chi connectivity index (χ0) is 24.2. The van der Waals surface area contributed by atoms with Crippen LogP contribution in [0.5, 0.6) is 0 Å². The molecule has 8 heteroatoms. The van der Waals surface area contributed by atoms with Crippen LogP contribution in [0.25, 0.3) is 22.2 Å². The lowest BCUT2D eigenvalue weighted by atomic mass is 10.0. The summed E-state index contributed by atoms with van der Waals surface area (Å²) in [4.78, 5) is 22.0. The van der Waals surface area contributed by atoms with Crippen molar-refractivity contribution in [2.45, 2.75) is 13.8 Å². The van der Waals surface area contributed by atoms with Crippen molar-refractivity contribution in [1.82, 2.24) is 14.3 Å². The lowest BCUT2D eigenvalue weighted by Gasteiger charge is -2.25. The summed E-state index contributed by atoms with van der Waals surface area (Å²) in [5.74, 6) is -0.173. The van der Waals surface area contributed by atoms with Gasteiger partial charge in [-0.25, -0.2) is 4.31 Å². The third-order valence-corrected chi connectivity index (χ3v) is 6.62. The molecule has 0 saturated heterocycles. The number of aryl methyl sites for hydroxylation is 1. The first-order valence-corrected chi connectivity index (χ1v) is 12.0. The van der Waals surface area contributed by atoms with Crippen LogP contribution in [-0.2, 0) is 0 Å². The Hall–Kier alpha value is -3.13. The van der Waals surface area contributed by atoms with Crippen LogP contribution < -0.4 is 9.62 Å². The van der Waals surface area contributed by atoms with Crippen LogP contribution in [0.4, 0.5) is 11.4 Å². The van der Waals surface area contributed by atoms with Gasteiger partial charge in [0.15, 0.2) is 0 Å². The highest BCUT2D eigenvalue weighted by Crippen LogP contribution is 2.33. The van der Waals surface area contributed by atoms with E-state index in [9.17, 15) is 4.79 Å². The van der Waals surface area contributed by atoms with Gasteiger partial charge in [0, 0.05) is 59.0 Å². The maximum Gasteiger partial charge on any atom is 0.255 e. The van der Waals surface area contributed by atoms with Crippen LogP contribution in [0.15, 0.2) is 67.0 Å². The normalized spacial score (nSPS) is 11.1. The van der Waals surface area contributed by atoms with Crippen LogP contribution in [0.2, 0.25) is 5.02 Å². The number of nitrogens with one attached hydrogen (secondary N) is 1. The van der Waals surface area contributed by atoms with E-state index in [1.54, 1.807) is 36.7 Å². The number of aromatic nitrogens is 2. The fourth-order valence-corrected chi connectivity index (χ4v) is 4.67. The van der Waals surface area contributed by atoms with E-state index in [4.69, 9.17) is 11.6 Å². The van der Waals surface area contributed by atoms with Gasteiger partial charge < -0.3 is 9.62 Å². The Balaban J connectivity index is 1.61. The first kappa shape index (κ1) is 24.0. The number of benzene rings is 2. The number of halogens is 1. The summed E-state index contributed by atoms with van der Waals surface area (Å²) in [6.45, 7) is 4.90. The summed E-state index contributed by atoms with van der Waals surface area (Å²) in [6, 6.07) is 17.0. The van der Waals surface area contributed by atoms with Crippen LogP contribution in [-0.4, -0.2) is 40.8 Å². The molecule has 0 saturated carbocycles. The van der Waals surface area contributed by atoms with Gasteiger partial charge >= 0.3 is 0 Å². The molecule has 174 valence electrons.